The molecular formula is C24H27N3O3S. The summed E-state index contributed by atoms with van der Waals surface area (Å²) in [6, 6.07) is 11.4. The van der Waals surface area contributed by atoms with Crippen LogP contribution in [0.1, 0.15) is 44.1 Å². The zero-order chi connectivity index (χ0) is 22.5. The Labute approximate surface area is 186 Å². The van der Waals surface area contributed by atoms with Crippen LogP contribution in [0.5, 0.6) is 0 Å². The average Bonchev–Trinajstić information content (AvgIpc) is 3.05. The number of carbonyl (C=O) groups excluding carboxylic acids is 2. The zero-order valence-electron chi connectivity index (χ0n) is 18.5. The van der Waals surface area contributed by atoms with Gasteiger partial charge in [-0.25, -0.2) is 0 Å². The maximum Gasteiger partial charge on any atom is 0.252 e. The van der Waals surface area contributed by atoms with Gasteiger partial charge in [-0.15, -0.1) is 11.8 Å². The monoisotopic (exact) mass is 437 g/mol. The minimum Gasteiger partial charge on any atom is -0.361 e. The van der Waals surface area contributed by atoms with Crippen molar-refractivity contribution < 1.29 is 14.1 Å². The van der Waals surface area contributed by atoms with Crippen LogP contribution in [0.2, 0.25) is 0 Å². The molecule has 0 fully saturated rings. The molecule has 0 aliphatic carbocycles. The smallest absolute Gasteiger partial charge is 0.252 e. The van der Waals surface area contributed by atoms with Gasteiger partial charge < -0.3 is 15.2 Å². The van der Waals surface area contributed by atoms with Gasteiger partial charge in [0.25, 0.3) is 5.91 Å². The van der Waals surface area contributed by atoms with Crippen molar-refractivity contribution in [2.75, 3.05) is 11.9 Å². The van der Waals surface area contributed by atoms with E-state index in [1.807, 2.05) is 65.0 Å². The number of thioether (sulfide) groups is 1. The highest BCUT2D eigenvalue weighted by Crippen LogP contribution is 2.29. The fourth-order valence-corrected chi connectivity index (χ4v) is 4.66. The van der Waals surface area contributed by atoms with E-state index in [1.54, 1.807) is 17.8 Å². The van der Waals surface area contributed by atoms with Crippen LogP contribution in [0.3, 0.4) is 0 Å². The summed E-state index contributed by atoms with van der Waals surface area (Å²) in [6.07, 6.45) is 0. The van der Waals surface area contributed by atoms with E-state index in [9.17, 15) is 9.59 Å². The average molecular weight is 438 g/mol. The molecule has 0 spiro atoms. The Hall–Kier alpha value is -3.06. The number of nitrogens with zero attached hydrogens (tertiary/aromatic N) is 1. The Kier molecular flexibility index (Phi) is 7.17. The van der Waals surface area contributed by atoms with E-state index in [0.717, 1.165) is 44.3 Å². The summed E-state index contributed by atoms with van der Waals surface area (Å²) in [5, 5.41) is 9.61. The van der Waals surface area contributed by atoms with Crippen LogP contribution in [-0.2, 0) is 10.5 Å². The van der Waals surface area contributed by atoms with Gasteiger partial charge in [-0.05, 0) is 57.9 Å². The number of benzene rings is 2. The summed E-state index contributed by atoms with van der Waals surface area (Å²) in [5.41, 5.74) is 6.35. The maximum absolute atomic E-state index is 12.8. The molecule has 2 N–H and O–H groups in total. The molecule has 0 aliphatic rings. The predicted octanol–water partition coefficient (Wildman–Crippen LogP) is 4.88. The third kappa shape index (κ3) is 5.55. The van der Waals surface area contributed by atoms with Gasteiger partial charge in [0.2, 0.25) is 5.91 Å². The highest BCUT2D eigenvalue weighted by molar-refractivity contribution is 7.98. The highest BCUT2D eigenvalue weighted by atomic mass is 32.2. The number of anilines is 1. The van der Waals surface area contributed by atoms with Crippen molar-refractivity contribution in [3.63, 3.8) is 0 Å². The summed E-state index contributed by atoms with van der Waals surface area (Å²) < 4.78 is 5.21. The molecule has 0 saturated heterocycles. The molecule has 31 heavy (non-hydrogen) atoms. The molecule has 6 nitrogen and oxygen atoms in total. The number of hydrogen-bond donors (Lipinski definition) is 2. The first-order valence-electron chi connectivity index (χ1n) is 10.1. The fraction of sp³-hybridized carbons (Fsp3) is 0.292. The second-order valence-electron chi connectivity index (χ2n) is 7.59. The zero-order valence-corrected chi connectivity index (χ0v) is 19.3. The number of amides is 2. The van der Waals surface area contributed by atoms with E-state index in [1.165, 1.54) is 0 Å². The highest BCUT2D eigenvalue weighted by Gasteiger charge is 2.16. The van der Waals surface area contributed by atoms with E-state index in [4.69, 9.17) is 4.52 Å². The topological polar surface area (TPSA) is 84.2 Å². The molecule has 0 radical (unpaired) electrons. The van der Waals surface area contributed by atoms with E-state index in [0.29, 0.717) is 11.3 Å². The van der Waals surface area contributed by atoms with Crippen LogP contribution in [0.25, 0.3) is 0 Å². The molecule has 0 atom stereocenters. The minimum absolute atomic E-state index is 0.103. The van der Waals surface area contributed by atoms with Gasteiger partial charge in [0.05, 0.1) is 17.8 Å². The Morgan fingerprint density at radius 3 is 2.35 bits per heavy atom. The predicted molar refractivity (Wildman–Crippen MR) is 124 cm³/mol. The third-order valence-electron chi connectivity index (χ3n) is 5.04. The SMILES string of the molecule is Cc1cc(C)c(NC(=O)CNC(=O)c2ccccc2SCc2c(C)noc2C)c(C)c1. The number of nitrogens with one attached hydrogen (secondary N) is 2. The molecule has 1 heterocycles. The van der Waals surface area contributed by atoms with Gasteiger partial charge in [0.1, 0.15) is 5.76 Å². The van der Waals surface area contributed by atoms with E-state index >= 15 is 0 Å². The van der Waals surface area contributed by atoms with Crippen LogP contribution < -0.4 is 10.6 Å². The van der Waals surface area contributed by atoms with Crippen molar-refractivity contribution in [2.45, 2.75) is 45.3 Å². The fourth-order valence-electron chi connectivity index (χ4n) is 3.45. The summed E-state index contributed by atoms with van der Waals surface area (Å²) >= 11 is 1.54. The van der Waals surface area contributed by atoms with Crippen LogP contribution in [0.4, 0.5) is 5.69 Å². The molecule has 0 aliphatic heterocycles. The lowest BCUT2D eigenvalue weighted by atomic mass is 10.1. The lowest BCUT2D eigenvalue weighted by Crippen LogP contribution is -2.33. The summed E-state index contributed by atoms with van der Waals surface area (Å²) in [7, 11) is 0. The molecule has 2 aromatic carbocycles. The van der Waals surface area contributed by atoms with Gasteiger partial charge in [0, 0.05) is 21.9 Å². The van der Waals surface area contributed by atoms with Crippen LogP contribution in [0, 0.1) is 34.6 Å². The number of rotatable bonds is 7. The number of aryl methyl sites for hydroxylation is 5. The van der Waals surface area contributed by atoms with E-state index in [2.05, 4.69) is 15.8 Å². The summed E-state index contributed by atoms with van der Waals surface area (Å²) in [5.74, 6) is 0.890. The molecule has 7 heteroatoms. The first-order valence-corrected chi connectivity index (χ1v) is 11.0. The molecule has 0 saturated carbocycles. The van der Waals surface area contributed by atoms with Crippen molar-refractivity contribution in [3.8, 4) is 0 Å². The maximum atomic E-state index is 12.8. The van der Waals surface area contributed by atoms with Gasteiger partial charge in [0.15, 0.2) is 0 Å². The Morgan fingerprint density at radius 1 is 1.03 bits per heavy atom. The van der Waals surface area contributed by atoms with Crippen molar-refractivity contribution in [1.29, 1.82) is 0 Å². The molecule has 162 valence electrons. The lowest BCUT2D eigenvalue weighted by Gasteiger charge is -2.14. The summed E-state index contributed by atoms with van der Waals surface area (Å²) in [4.78, 5) is 26.0. The number of aromatic nitrogens is 1. The quantitative estimate of drug-likeness (QED) is 0.515. The van der Waals surface area contributed by atoms with Crippen LogP contribution in [-0.4, -0.2) is 23.5 Å². The molecule has 0 bridgehead atoms. The molecule has 2 amide bonds. The van der Waals surface area contributed by atoms with E-state index < -0.39 is 0 Å². The van der Waals surface area contributed by atoms with Crippen molar-refractivity contribution in [2.24, 2.45) is 0 Å². The van der Waals surface area contributed by atoms with Gasteiger partial charge in [-0.3, -0.25) is 9.59 Å². The van der Waals surface area contributed by atoms with Gasteiger partial charge in [-0.1, -0.05) is 35.0 Å². The van der Waals surface area contributed by atoms with Crippen molar-refractivity contribution in [1.82, 2.24) is 10.5 Å². The number of carbonyl (C=O) groups is 2. The standard InChI is InChI=1S/C24H27N3O3S/c1-14-10-15(2)23(16(3)11-14)26-22(28)12-25-24(29)19-8-6-7-9-21(19)31-13-20-17(4)27-30-18(20)5/h6-11H,12-13H2,1-5H3,(H,25,29)(H,26,28). The van der Waals surface area contributed by atoms with Crippen molar-refractivity contribution >= 4 is 29.3 Å². The van der Waals surface area contributed by atoms with Gasteiger partial charge >= 0.3 is 0 Å². The molecule has 3 aromatic rings. The second-order valence-corrected chi connectivity index (χ2v) is 8.61. The normalized spacial score (nSPS) is 10.7. The van der Waals surface area contributed by atoms with Crippen molar-refractivity contribution in [3.05, 3.63) is 75.7 Å². The molecule has 0 unspecified atom stereocenters. The number of hydrogen-bond acceptors (Lipinski definition) is 5. The largest absolute Gasteiger partial charge is 0.361 e. The van der Waals surface area contributed by atoms with E-state index in [-0.39, 0.29) is 18.4 Å². The molecule has 1 aromatic heterocycles. The Balaban J connectivity index is 1.63. The minimum atomic E-state index is -0.283. The lowest BCUT2D eigenvalue weighted by molar-refractivity contribution is -0.115. The van der Waals surface area contributed by atoms with Gasteiger partial charge in [-0.2, -0.15) is 0 Å². The van der Waals surface area contributed by atoms with Crippen LogP contribution >= 0.6 is 11.8 Å². The first-order chi connectivity index (χ1) is 14.8. The Bertz CT molecular complexity index is 1080. The molecule has 3 rings (SSSR count). The Morgan fingerprint density at radius 2 is 1.71 bits per heavy atom. The summed E-state index contributed by atoms with van der Waals surface area (Å²) in [6.45, 7) is 9.62. The van der Waals surface area contributed by atoms with Crippen LogP contribution in [0.15, 0.2) is 45.8 Å². The second kappa shape index (κ2) is 9.83. The molecular weight excluding hydrogens is 410 g/mol. The third-order valence-corrected chi connectivity index (χ3v) is 6.14. The first kappa shape index (κ1) is 22.6.